The molecule has 1 amide bonds. The monoisotopic (exact) mass is 356 g/mol. The Hall–Kier alpha value is -2.27. The van der Waals surface area contributed by atoms with Gasteiger partial charge < -0.3 is 14.6 Å². The van der Waals surface area contributed by atoms with Crippen molar-refractivity contribution in [2.24, 2.45) is 0 Å². The van der Waals surface area contributed by atoms with Gasteiger partial charge in [0, 0.05) is 18.0 Å². The summed E-state index contributed by atoms with van der Waals surface area (Å²) in [6.45, 7) is 5.68. The van der Waals surface area contributed by atoms with Gasteiger partial charge in [0.25, 0.3) is 5.91 Å². The zero-order valence-electron chi connectivity index (χ0n) is 15.0. The Morgan fingerprint density at radius 3 is 2.84 bits per heavy atom. The van der Waals surface area contributed by atoms with Crippen molar-refractivity contribution in [3.63, 3.8) is 0 Å². The number of nitrogens with one attached hydrogen (secondary N) is 1. The van der Waals surface area contributed by atoms with E-state index in [9.17, 15) is 4.79 Å². The Kier molecular flexibility index (Phi) is 5.43. The molecular weight excluding hydrogens is 332 g/mol. The standard InChI is InChI=1S/C20H24N2O2S/c1-4-11-22-16-12-14(2)25-19(16)13-17(22)20(23)21-10-9-15-7-5-6-8-18(15)24-3/h5-8,12-13H,4,9-11H2,1-3H3,(H,21,23). The van der Waals surface area contributed by atoms with E-state index in [4.69, 9.17) is 4.74 Å². The van der Waals surface area contributed by atoms with E-state index in [1.165, 1.54) is 15.1 Å². The number of benzene rings is 1. The van der Waals surface area contributed by atoms with Crippen molar-refractivity contribution in [1.82, 2.24) is 9.88 Å². The Labute approximate surface area is 152 Å². The van der Waals surface area contributed by atoms with Crippen LogP contribution >= 0.6 is 11.3 Å². The highest BCUT2D eigenvalue weighted by atomic mass is 32.1. The predicted molar refractivity (Wildman–Crippen MR) is 104 cm³/mol. The topological polar surface area (TPSA) is 43.3 Å². The first-order valence-electron chi connectivity index (χ1n) is 8.63. The third-order valence-electron chi connectivity index (χ3n) is 4.27. The molecule has 0 aliphatic carbocycles. The molecule has 1 N–H and O–H groups in total. The first-order chi connectivity index (χ1) is 12.1. The Morgan fingerprint density at radius 2 is 2.08 bits per heavy atom. The average molecular weight is 356 g/mol. The molecule has 0 bridgehead atoms. The largest absolute Gasteiger partial charge is 0.496 e. The number of rotatable bonds is 7. The molecule has 0 saturated heterocycles. The molecule has 0 spiro atoms. The summed E-state index contributed by atoms with van der Waals surface area (Å²) in [6, 6.07) is 12.1. The molecule has 0 unspecified atom stereocenters. The summed E-state index contributed by atoms with van der Waals surface area (Å²) in [4.78, 5) is 14.0. The number of hydrogen-bond acceptors (Lipinski definition) is 3. The van der Waals surface area contributed by atoms with Crippen molar-refractivity contribution in [2.75, 3.05) is 13.7 Å². The Bertz CT molecular complexity index is 879. The first-order valence-corrected chi connectivity index (χ1v) is 9.45. The van der Waals surface area contributed by atoms with Crippen LogP contribution in [0.15, 0.2) is 36.4 Å². The summed E-state index contributed by atoms with van der Waals surface area (Å²) >= 11 is 1.74. The van der Waals surface area contributed by atoms with Crippen molar-refractivity contribution in [1.29, 1.82) is 0 Å². The molecule has 1 aromatic carbocycles. The molecule has 0 fully saturated rings. The zero-order chi connectivity index (χ0) is 17.8. The Balaban J connectivity index is 1.72. The normalized spacial score (nSPS) is 11.0. The number of amides is 1. The van der Waals surface area contributed by atoms with Crippen molar-refractivity contribution < 1.29 is 9.53 Å². The van der Waals surface area contributed by atoms with Crippen LogP contribution in [0.1, 0.15) is 34.3 Å². The van der Waals surface area contributed by atoms with Gasteiger partial charge in [0.15, 0.2) is 0 Å². The van der Waals surface area contributed by atoms with Gasteiger partial charge in [-0.25, -0.2) is 0 Å². The van der Waals surface area contributed by atoms with Gasteiger partial charge in [0.2, 0.25) is 0 Å². The molecule has 132 valence electrons. The predicted octanol–water partition coefficient (Wildman–Crippen LogP) is 4.40. The van der Waals surface area contributed by atoms with Crippen LogP contribution in [-0.2, 0) is 13.0 Å². The third kappa shape index (κ3) is 3.71. The maximum Gasteiger partial charge on any atom is 0.267 e. The molecule has 0 saturated carbocycles. The lowest BCUT2D eigenvalue weighted by Gasteiger charge is -2.11. The van der Waals surface area contributed by atoms with E-state index in [2.05, 4.69) is 29.8 Å². The van der Waals surface area contributed by atoms with E-state index in [1.54, 1.807) is 18.4 Å². The van der Waals surface area contributed by atoms with Gasteiger partial charge >= 0.3 is 0 Å². The highest BCUT2D eigenvalue weighted by Gasteiger charge is 2.16. The van der Waals surface area contributed by atoms with Crippen molar-refractivity contribution in [3.8, 4) is 5.75 Å². The van der Waals surface area contributed by atoms with Crippen LogP contribution in [0.25, 0.3) is 10.2 Å². The summed E-state index contributed by atoms with van der Waals surface area (Å²) in [6.07, 6.45) is 1.75. The number of para-hydroxylation sites is 1. The SMILES string of the molecule is CCCn1c(C(=O)NCCc2ccccc2OC)cc2sc(C)cc21. The van der Waals surface area contributed by atoms with Gasteiger partial charge in [-0.05, 0) is 43.5 Å². The molecule has 0 radical (unpaired) electrons. The van der Waals surface area contributed by atoms with Crippen LogP contribution in [0, 0.1) is 6.92 Å². The first kappa shape index (κ1) is 17.5. The molecule has 2 aromatic heterocycles. The Morgan fingerprint density at radius 1 is 1.28 bits per heavy atom. The minimum absolute atomic E-state index is 0.00981. The van der Waals surface area contributed by atoms with Crippen molar-refractivity contribution in [3.05, 3.63) is 52.5 Å². The van der Waals surface area contributed by atoms with E-state index in [1.807, 2.05) is 30.3 Å². The van der Waals surface area contributed by atoms with Gasteiger partial charge in [0.05, 0.1) is 17.3 Å². The lowest BCUT2D eigenvalue weighted by atomic mass is 10.1. The zero-order valence-corrected chi connectivity index (χ0v) is 15.8. The maximum absolute atomic E-state index is 12.7. The summed E-state index contributed by atoms with van der Waals surface area (Å²) in [5.74, 6) is 0.853. The van der Waals surface area contributed by atoms with Crippen LogP contribution in [0.5, 0.6) is 5.75 Å². The number of methoxy groups -OCH3 is 1. The number of carbonyl (C=O) groups excluding carboxylic acids is 1. The minimum atomic E-state index is -0.00981. The third-order valence-corrected chi connectivity index (χ3v) is 5.25. The smallest absolute Gasteiger partial charge is 0.267 e. The molecule has 3 aromatic rings. The van der Waals surface area contributed by atoms with Gasteiger partial charge in [-0.15, -0.1) is 11.3 Å². The number of hydrogen-bond donors (Lipinski definition) is 1. The van der Waals surface area contributed by atoms with Crippen LogP contribution in [0.4, 0.5) is 0 Å². The second-order valence-corrected chi connectivity index (χ2v) is 7.39. The van der Waals surface area contributed by atoms with E-state index >= 15 is 0 Å². The van der Waals surface area contributed by atoms with Gasteiger partial charge in [-0.1, -0.05) is 25.1 Å². The molecule has 0 aliphatic rings. The molecule has 2 heterocycles. The summed E-state index contributed by atoms with van der Waals surface area (Å²) in [5, 5.41) is 3.05. The maximum atomic E-state index is 12.7. The second-order valence-electron chi connectivity index (χ2n) is 6.11. The van der Waals surface area contributed by atoms with Crippen molar-refractivity contribution >= 4 is 27.5 Å². The number of fused-ring (bicyclic) bond motifs is 1. The molecule has 3 rings (SSSR count). The molecule has 25 heavy (non-hydrogen) atoms. The molecule has 0 atom stereocenters. The fraction of sp³-hybridized carbons (Fsp3) is 0.350. The van der Waals surface area contributed by atoms with E-state index in [0.717, 1.165) is 36.4 Å². The summed E-state index contributed by atoms with van der Waals surface area (Å²) in [7, 11) is 1.67. The van der Waals surface area contributed by atoms with Crippen LogP contribution in [0.2, 0.25) is 0 Å². The lowest BCUT2D eigenvalue weighted by molar-refractivity contribution is 0.0945. The lowest BCUT2D eigenvalue weighted by Crippen LogP contribution is -2.28. The van der Waals surface area contributed by atoms with Gasteiger partial charge in [-0.3, -0.25) is 4.79 Å². The minimum Gasteiger partial charge on any atom is -0.496 e. The number of aromatic nitrogens is 1. The number of ether oxygens (including phenoxy) is 1. The van der Waals surface area contributed by atoms with Crippen LogP contribution < -0.4 is 10.1 Å². The number of carbonyl (C=O) groups is 1. The molecular formula is C20H24N2O2S. The van der Waals surface area contributed by atoms with E-state index < -0.39 is 0 Å². The number of aryl methyl sites for hydroxylation is 2. The van der Waals surface area contributed by atoms with Crippen LogP contribution in [-0.4, -0.2) is 24.1 Å². The molecule has 5 heteroatoms. The highest BCUT2D eigenvalue weighted by Crippen LogP contribution is 2.29. The number of thiophene rings is 1. The quantitative estimate of drug-likeness (QED) is 0.682. The fourth-order valence-electron chi connectivity index (χ4n) is 3.13. The molecule has 4 nitrogen and oxygen atoms in total. The second kappa shape index (κ2) is 7.74. The van der Waals surface area contributed by atoms with Gasteiger partial charge in [-0.2, -0.15) is 0 Å². The highest BCUT2D eigenvalue weighted by molar-refractivity contribution is 7.19. The molecule has 0 aliphatic heterocycles. The summed E-state index contributed by atoms with van der Waals surface area (Å²) in [5.41, 5.74) is 3.02. The average Bonchev–Trinajstić information content (AvgIpc) is 3.13. The fourth-order valence-corrected chi connectivity index (χ4v) is 4.09. The van der Waals surface area contributed by atoms with Gasteiger partial charge in [0.1, 0.15) is 11.4 Å². The summed E-state index contributed by atoms with van der Waals surface area (Å²) < 4.78 is 8.68. The van der Waals surface area contributed by atoms with Crippen LogP contribution in [0.3, 0.4) is 0 Å². The van der Waals surface area contributed by atoms with E-state index in [0.29, 0.717) is 6.54 Å². The van der Waals surface area contributed by atoms with E-state index in [-0.39, 0.29) is 5.91 Å². The van der Waals surface area contributed by atoms with Crippen molar-refractivity contribution in [2.45, 2.75) is 33.2 Å². The number of nitrogens with zero attached hydrogens (tertiary/aromatic N) is 1.